The van der Waals surface area contributed by atoms with E-state index in [0.29, 0.717) is 28.7 Å². The topological polar surface area (TPSA) is 88.7 Å². The third-order valence-electron chi connectivity index (χ3n) is 3.22. The van der Waals surface area contributed by atoms with E-state index in [-0.39, 0.29) is 11.9 Å². The van der Waals surface area contributed by atoms with Gasteiger partial charge in [-0.15, -0.1) is 0 Å². The molecule has 0 atom stereocenters. The molecule has 25 heavy (non-hydrogen) atoms. The number of benzene rings is 2. The summed E-state index contributed by atoms with van der Waals surface area (Å²) in [4.78, 5) is 16.1. The highest BCUT2D eigenvalue weighted by Crippen LogP contribution is 2.22. The maximum Gasteiger partial charge on any atom is 0.251 e. The molecule has 1 amide bonds. The summed E-state index contributed by atoms with van der Waals surface area (Å²) in [5.74, 6) is 0.760. The van der Waals surface area contributed by atoms with E-state index >= 15 is 0 Å². The molecule has 0 saturated heterocycles. The molecule has 0 saturated carbocycles. The largest absolute Gasteiger partial charge is 0.497 e. The first-order chi connectivity index (χ1) is 12.0. The molecule has 0 aliphatic heterocycles. The van der Waals surface area contributed by atoms with Gasteiger partial charge in [-0.25, -0.2) is 0 Å². The first-order valence-corrected chi connectivity index (χ1v) is 8.19. The van der Waals surface area contributed by atoms with Crippen LogP contribution in [0.3, 0.4) is 0 Å². The summed E-state index contributed by atoms with van der Waals surface area (Å²) in [5, 5.41) is 6.42. The molecule has 132 valence electrons. The minimum atomic E-state index is -0.254. The van der Waals surface area contributed by atoms with Crippen molar-refractivity contribution in [3.8, 4) is 5.75 Å². The van der Waals surface area contributed by atoms with Gasteiger partial charge < -0.3 is 21.1 Å². The van der Waals surface area contributed by atoms with Gasteiger partial charge in [-0.3, -0.25) is 9.79 Å². The van der Waals surface area contributed by atoms with Gasteiger partial charge in [0.15, 0.2) is 5.96 Å². The third kappa shape index (κ3) is 5.85. The number of carbonyl (C=O) groups is 1. The number of nitrogens with zero attached hydrogens (tertiary/aromatic N) is 1. The van der Waals surface area contributed by atoms with Crippen LogP contribution in [-0.2, 0) is 0 Å². The standard InChI is InChI=1S/C17H18Cl2N4O2/c1-25-13-5-3-12(4-6-13)23-17(20)22-9-8-21-16(24)11-2-7-14(18)15(19)10-11/h2-7,10H,8-9H2,1H3,(H,21,24)(H3,20,22,23). The summed E-state index contributed by atoms with van der Waals surface area (Å²) in [6.07, 6.45) is 0. The zero-order valence-corrected chi connectivity index (χ0v) is 15.1. The highest BCUT2D eigenvalue weighted by Gasteiger charge is 2.07. The van der Waals surface area contributed by atoms with E-state index in [1.165, 1.54) is 6.07 Å². The SMILES string of the molecule is COc1ccc(NC(N)=NCCNC(=O)c2ccc(Cl)c(Cl)c2)cc1. The minimum Gasteiger partial charge on any atom is -0.497 e. The van der Waals surface area contributed by atoms with Crippen LogP contribution in [0.4, 0.5) is 5.69 Å². The Hall–Kier alpha value is -2.44. The molecule has 2 rings (SSSR count). The highest BCUT2D eigenvalue weighted by atomic mass is 35.5. The number of carbonyl (C=O) groups excluding carboxylic acids is 1. The average Bonchev–Trinajstić information content (AvgIpc) is 2.61. The summed E-state index contributed by atoms with van der Waals surface area (Å²) < 4.78 is 5.08. The Morgan fingerprint density at radius 1 is 1.16 bits per heavy atom. The number of methoxy groups -OCH3 is 1. The van der Waals surface area contributed by atoms with Crippen molar-refractivity contribution in [3.63, 3.8) is 0 Å². The number of nitrogens with one attached hydrogen (secondary N) is 2. The molecule has 0 aromatic heterocycles. The molecule has 4 N–H and O–H groups in total. The van der Waals surface area contributed by atoms with Gasteiger partial charge in [0, 0.05) is 17.8 Å². The van der Waals surface area contributed by atoms with E-state index in [0.717, 1.165) is 11.4 Å². The fraction of sp³-hybridized carbons (Fsp3) is 0.176. The number of hydrogen-bond donors (Lipinski definition) is 3. The Labute approximate surface area is 156 Å². The molecular weight excluding hydrogens is 363 g/mol. The molecule has 0 aliphatic carbocycles. The lowest BCUT2D eigenvalue weighted by atomic mass is 10.2. The molecular formula is C17H18Cl2N4O2. The van der Waals surface area contributed by atoms with E-state index in [9.17, 15) is 4.79 Å². The fourth-order valence-electron chi connectivity index (χ4n) is 1.95. The second kappa shape index (κ2) is 9.15. The van der Waals surface area contributed by atoms with Crippen molar-refractivity contribution in [2.24, 2.45) is 10.7 Å². The van der Waals surface area contributed by atoms with E-state index in [1.807, 2.05) is 24.3 Å². The molecule has 0 heterocycles. The summed E-state index contributed by atoms with van der Waals surface area (Å²) in [5.41, 5.74) is 7.03. The number of ether oxygens (including phenoxy) is 1. The van der Waals surface area contributed by atoms with Crippen molar-refractivity contribution < 1.29 is 9.53 Å². The van der Waals surface area contributed by atoms with Crippen LogP contribution < -0.4 is 21.1 Å². The monoisotopic (exact) mass is 380 g/mol. The van der Waals surface area contributed by atoms with Gasteiger partial charge >= 0.3 is 0 Å². The molecule has 0 fully saturated rings. The number of guanidine groups is 1. The summed E-state index contributed by atoms with van der Waals surface area (Å²) in [7, 11) is 1.60. The van der Waals surface area contributed by atoms with Crippen molar-refractivity contribution >= 4 is 40.8 Å². The first kappa shape index (κ1) is 18.9. The quantitative estimate of drug-likeness (QED) is 0.408. The Kier molecular flexibility index (Phi) is 6.91. The van der Waals surface area contributed by atoms with Crippen molar-refractivity contribution in [3.05, 3.63) is 58.1 Å². The maximum atomic E-state index is 12.0. The molecule has 2 aromatic carbocycles. The van der Waals surface area contributed by atoms with E-state index in [2.05, 4.69) is 15.6 Å². The molecule has 0 bridgehead atoms. The molecule has 8 heteroatoms. The molecule has 0 unspecified atom stereocenters. The van der Waals surface area contributed by atoms with E-state index in [1.54, 1.807) is 19.2 Å². The zero-order chi connectivity index (χ0) is 18.2. The lowest BCUT2D eigenvalue weighted by Crippen LogP contribution is -2.28. The summed E-state index contributed by atoms with van der Waals surface area (Å²) in [6, 6.07) is 12.0. The van der Waals surface area contributed by atoms with Crippen LogP contribution in [0.15, 0.2) is 47.5 Å². The number of aliphatic imine (C=N–C) groups is 1. The number of amides is 1. The molecule has 0 radical (unpaired) electrons. The van der Waals surface area contributed by atoms with Crippen LogP contribution in [0.25, 0.3) is 0 Å². The van der Waals surface area contributed by atoms with Crippen LogP contribution in [-0.4, -0.2) is 32.1 Å². The van der Waals surface area contributed by atoms with E-state index < -0.39 is 0 Å². The summed E-state index contributed by atoms with van der Waals surface area (Å²) >= 11 is 11.7. The Bertz CT molecular complexity index is 764. The lowest BCUT2D eigenvalue weighted by Gasteiger charge is -2.07. The van der Waals surface area contributed by atoms with Crippen LogP contribution >= 0.6 is 23.2 Å². The van der Waals surface area contributed by atoms with Gasteiger partial charge in [-0.1, -0.05) is 23.2 Å². The van der Waals surface area contributed by atoms with E-state index in [4.69, 9.17) is 33.7 Å². The Morgan fingerprint density at radius 2 is 1.88 bits per heavy atom. The molecule has 6 nitrogen and oxygen atoms in total. The van der Waals surface area contributed by atoms with Gasteiger partial charge in [-0.2, -0.15) is 0 Å². The van der Waals surface area contributed by atoms with Crippen LogP contribution in [0.5, 0.6) is 5.75 Å². The maximum absolute atomic E-state index is 12.0. The predicted molar refractivity (Wildman–Crippen MR) is 102 cm³/mol. The average molecular weight is 381 g/mol. The summed E-state index contributed by atoms with van der Waals surface area (Å²) in [6.45, 7) is 0.673. The minimum absolute atomic E-state index is 0.254. The normalized spacial score (nSPS) is 11.1. The molecule has 2 aromatic rings. The second-order valence-electron chi connectivity index (χ2n) is 5.01. The second-order valence-corrected chi connectivity index (χ2v) is 5.82. The van der Waals surface area contributed by atoms with Crippen LogP contribution in [0, 0.1) is 0 Å². The number of anilines is 1. The first-order valence-electron chi connectivity index (χ1n) is 7.44. The highest BCUT2D eigenvalue weighted by molar-refractivity contribution is 6.42. The lowest BCUT2D eigenvalue weighted by molar-refractivity contribution is 0.0955. The van der Waals surface area contributed by atoms with Gasteiger partial charge in [0.05, 0.1) is 23.7 Å². The molecule has 0 aliphatic rings. The smallest absolute Gasteiger partial charge is 0.251 e. The van der Waals surface area contributed by atoms with Crippen LogP contribution in [0.1, 0.15) is 10.4 Å². The van der Waals surface area contributed by atoms with Crippen molar-refractivity contribution in [1.82, 2.24) is 5.32 Å². The van der Waals surface area contributed by atoms with Gasteiger partial charge in [0.2, 0.25) is 0 Å². The number of halogens is 2. The number of nitrogens with two attached hydrogens (primary N) is 1. The Balaban J connectivity index is 1.79. The van der Waals surface area contributed by atoms with Crippen molar-refractivity contribution in [1.29, 1.82) is 0 Å². The van der Waals surface area contributed by atoms with Gasteiger partial charge in [-0.05, 0) is 42.5 Å². The van der Waals surface area contributed by atoms with Crippen LogP contribution in [0.2, 0.25) is 10.0 Å². The number of hydrogen-bond acceptors (Lipinski definition) is 3. The van der Waals surface area contributed by atoms with Crippen molar-refractivity contribution in [2.45, 2.75) is 0 Å². The fourth-order valence-corrected chi connectivity index (χ4v) is 2.25. The molecule has 0 spiro atoms. The third-order valence-corrected chi connectivity index (χ3v) is 3.96. The van der Waals surface area contributed by atoms with Crippen molar-refractivity contribution in [2.75, 3.05) is 25.5 Å². The Morgan fingerprint density at radius 3 is 2.52 bits per heavy atom. The predicted octanol–water partition coefficient (Wildman–Crippen LogP) is 3.16. The van der Waals surface area contributed by atoms with Gasteiger partial charge in [0.25, 0.3) is 5.91 Å². The number of rotatable bonds is 6. The zero-order valence-electron chi connectivity index (χ0n) is 13.6. The van der Waals surface area contributed by atoms with Gasteiger partial charge in [0.1, 0.15) is 5.75 Å².